The summed E-state index contributed by atoms with van der Waals surface area (Å²) in [6, 6.07) is 13.7. The first-order valence-corrected chi connectivity index (χ1v) is 9.38. The molecule has 31 heavy (non-hydrogen) atoms. The Bertz CT molecular complexity index is 1340. The summed E-state index contributed by atoms with van der Waals surface area (Å²) in [7, 11) is 0. The van der Waals surface area contributed by atoms with E-state index in [2.05, 4.69) is 10.4 Å². The first-order chi connectivity index (χ1) is 14.9. The van der Waals surface area contributed by atoms with Crippen molar-refractivity contribution in [1.82, 2.24) is 5.32 Å². The molecule has 5 rings (SSSR count). The lowest BCUT2D eigenvalue weighted by Crippen LogP contribution is -2.21. The van der Waals surface area contributed by atoms with Gasteiger partial charge < -0.3 is 4.42 Å². The van der Waals surface area contributed by atoms with Crippen molar-refractivity contribution in [2.24, 2.45) is 5.10 Å². The van der Waals surface area contributed by atoms with E-state index in [9.17, 15) is 18.8 Å². The summed E-state index contributed by atoms with van der Waals surface area (Å²) < 4.78 is 19.0. The number of carbonyl (C=O) groups is 3. The fraction of sp³-hybridized carbons (Fsp3) is 0.0435. The van der Waals surface area contributed by atoms with Gasteiger partial charge in [-0.25, -0.2) is 4.39 Å². The van der Waals surface area contributed by atoms with Crippen LogP contribution in [-0.4, -0.2) is 23.4 Å². The number of imide groups is 1. The Morgan fingerprint density at radius 2 is 1.71 bits per heavy atom. The maximum Gasteiger partial charge on any atom is 0.280 e. The van der Waals surface area contributed by atoms with Gasteiger partial charge in [0.2, 0.25) is 0 Å². The molecule has 0 bridgehead atoms. The minimum atomic E-state index is -0.444. The molecule has 2 aromatic carbocycles. The minimum absolute atomic E-state index is 0.294. The van der Waals surface area contributed by atoms with Crippen molar-refractivity contribution in [1.29, 1.82) is 0 Å². The van der Waals surface area contributed by atoms with Crippen LogP contribution in [-0.2, 0) is 4.79 Å². The van der Waals surface area contributed by atoms with Crippen LogP contribution in [0.4, 0.5) is 10.1 Å². The number of benzene rings is 2. The molecule has 3 aromatic rings. The molecule has 0 saturated heterocycles. The van der Waals surface area contributed by atoms with Crippen LogP contribution in [0.3, 0.4) is 0 Å². The van der Waals surface area contributed by atoms with E-state index in [1.165, 1.54) is 29.3 Å². The molecule has 3 amide bonds. The maximum atomic E-state index is 13.2. The second-order valence-corrected chi connectivity index (χ2v) is 7.08. The number of hydrogen-bond acceptors (Lipinski definition) is 5. The van der Waals surface area contributed by atoms with Crippen LogP contribution in [0.25, 0.3) is 17.4 Å². The van der Waals surface area contributed by atoms with Crippen molar-refractivity contribution in [2.75, 3.05) is 5.01 Å². The number of nitrogens with one attached hydrogen (secondary N) is 1. The third kappa shape index (κ3) is 3.14. The highest BCUT2D eigenvalue weighted by atomic mass is 19.1. The summed E-state index contributed by atoms with van der Waals surface area (Å²) in [4.78, 5) is 36.4. The van der Waals surface area contributed by atoms with Gasteiger partial charge in [-0.3, -0.25) is 19.7 Å². The number of halogens is 1. The van der Waals surface area contributed by atoms with E-state index >= 15 is 0 Å². The van der Waals surface area contributed by atoms with Gasteiger partial charge in [0, 0.05) is 5.56 Å². The van der Waals surface area contributed by atoms with Crippen molar-refractivity contribution in [3.05, 3.63) is 82.9 Å². The molecule has 0 unspecified atom stereocenters. The van der Waals surface area contributed by atoms with E-state index in [-0.39, 0.29) is 5.91 Å². The summed E-state index contributed by atoms with van der Waals surface area (Å²) in [5.74, 6) is -0.707. The van der Waals surface area contributed by atoms with Crippen LogP contribution >= 0.6 is 0 Å². The van der Waals surface area contributed by atoms with Gasteiger partial charge in [0.15, 0.2) is 0 Å². The van der Waals surface area contributed by atoms with Crippen LogP contribution in [0.1, 0.15) is 33.4 Å². The molecule has 0 fully saturated rings. The first-order valence-electron chi connectivity index (χ1n) is 9.38. The average molecular weight is 415 g/mol. The van der Waals surface area contributed by atoms with Crippen molar-refractivity contribution >= 4 is 35.2 Å². The zero-order valence-corrected chi connectivity index (χ0v) is 16.2. The normalized spacial score (nSPS) is 16.7. The second kappa shape index (κ2) is 6.88. The summed E-state index contributed by atoms with van der Waals surface area (Å²) >= 11 is 0. The number of hydrazone groups is 1. The molecule has 0 radical (unpaired) electrons. The molecule has 2 aliphatic rings. The van der Waals surface area contributed by atoms with Gasteiger partial charge in [-0.2, -0.15) is 10.1 Å². The third-order valence-corrected chi connectivity index (χ3v) is 5.07. The number of nitrogens with zero attached hydrogens (tertiary/aromatic N) is 2. The molecule has 8 heteroatoms. The second-order valence-electron chi connectivity index (χ2n) is 7.08. The Labute approximate surface area is 175 Å². The number of carbonyl (C=O) groups excluding carboxylic acids is 3. The monoisotopic (exact) mass is 415 g/mol. The van der Waals surface area contributed by atoms with Crippen LogP contribution in [0.15, 0.2) is 69.7 Å². The van der Waals surface area contributed by atoms with Crippen LogP contribution < -0.4 is 10.3 Å². The molecule has 1 aromatic heterocycles. The quantitative estimate of drug-likeness (QED) is 0.521. The predicted octanol–water partition coefficient (Wildman–Crippen LogP) is 3.78. The minimum Gasteiger partial charge on any atom is -0.457 e. The fourth-order valence-corrected chi connectivity index (χ4v) is 3.49. The maximum absolute atomic E-state index is 13.2. The van der Waals surface area contributed by atoms with Gasteiger partial charge >= 0.3 is 0 Å². The van der Waals surface area contributed by atoms with Gasteiger partial charge in [0.25, 0.3) is 17.7 Å². The number of rotatable bonds is 3. The number of amides is 3. The molecule has 0 saturated carbocycles. The van der Waals surface area contributed by atoms with Crippen LogP contribution in [0, 0.1) is 5.82 Å². The van der Waals surface area contributed by atoms with E-state index in [1.807, 2.05) is 0 Å². The van der Waals surface area contributed by atoms with Gasteiger partial charge in [0.05, 0.1) is 28.1 Å². The highest BCUT2D eigenvalue weighted by Gasteiger charge is 2.29. The Morgan fingerprint density at radius 1 is 0.968 bits per heavy atom. The van der Waals surface area contributed by atoms with Crippen LogP contribution in [0.2, 0.25) is 0 Å². The lowest BCUT2D eigenvalue weighted by Gasteiger charge is -2.11. The molecule has 7 nitrogen and oxygen atoms in total. The van der Waals surface area contributed by atoms with Gasteiger partial charge in [-0.15, -0.1) is 0 Å². The molecule has 0 aliphatic carbocycles. The molecule has 0 spiro atoms. The van der Waals surface area contributed by atoms with E-state index in [4.69, 9.17) is 4.42 Å². The summed E-state index contributed by atoms with van der Waals surface area (Å²) in [6.07, 6.45) is 1.58. The number of furan rings is 1. The zero-order valence-electron chi connectivity index (χ0n) is 16.2. The zero-order chi connectivity index (χ0) is 21.7. The summed E-state index contributed by atoms with van der Waals surface area (Å²) in [5, 5.41) is 7.72. The molecular weight excluding hydrogens is 401 g/mol. The standard InChI is InChI=1S/C23H14FN3O4/c1-12-18(23(30)27(26-12)15-5-3-14(24)4-6-15)11-16-7-9-20(31-16)13-2-8-17-19(10-13)22(29)25-21(17)28/h2-11H,1H3,(H,25,28,29). The highest BCUT2D eigenvalue weighted by Crippen LogP contribution is 2.29. The summed E-state index contributed by atoms with van der Waals surface area (Å²) in [5.41, 5.74) is 2.56. The third-order valence-electron chi connectivity index (χ3n) is 5.07. The first kappa shape index (κ1) is 18.7. The topological polar surface area (TPSA) is 92.0 Å². The van der Waals surface area contributed by atoms with Crippen molar-refractivity contribution in [3.63, 3.8) is 0 Å². The van der Waals surface area contributed by atoms with Gasteiger partial charge in [-0.05, 0) is 61.5 Å². The fourth-order valence-electron chi connectivity index (χ4n) is 3.49. The van der Waals surface area contributed by atoms with Crippen molar-refractivity contribution < 1.29 is 23.2 Å². The highest BCUT2D eigenvalue weighted by molar-refractivity contribution is 6.32. The van der Waals surface area contributed by atoms with Gasteiger partial charge in [-0.1, -0.05) is 6.07 Å². The van der Waals surface area contributed by atoms with Crippen LogP contribution in [0.5, 0.6) is 0 Å². The molecular formula is C23H14FN3O4. The molecule has 1 N–H and O–H groups in total. The molecule has 152 valence electrons. The number of anilines is 1. The molecule has 3 heterocycles. The van der Waals surface area contributed by atoms with Gasteiger partial charge in [0.1, 0.15) is 17.3 Å². The van der Waals surface area contributed by atoms with E-state index in [1.54, 1.807) is 43.3 Å². The van der Waals surface area contributed by atoms with Crippen molar-refractivity contribution in [3.8, 4) is 11.3 Å². The molecule has 2 aliphatic heterocycles. The van der Waals surface area contributed by atoms with Crippen molar-refractivity contribution in [2.45, 2.75) is 6.92 Å². The Balaban J connectivity index is 1.43. The smallest absolute Gasteiger partial charge is 0.280 e. The molecule has 0 atom stereocenters. The lowest BCUT2D eigenvalue weighted by molar-refractivity contribution is -0.114. The lowest BCUT2D eigenvalue weighted by atomic mass is 10.0. The average Bonchev–Trinajstić information content (AvgIpc) is 3.42. The predicted molar refractivity (Wildman–Crippen MR) is 111 cm³/mol. The number of fused-ring (bicyclic) bond motifs is 1. The van der Waals surface area contributed by atoms with E-state index in [0.717, 1.165) is 0 Å². The Kier molecular flexibility index (Phi) is 4.14. The van der Waals surface area contributed by atoms with E-state index in [0.29, 0.717) is 45.2 Å². The van der Waals surface area contributed by atoms with E-state index < -0.39 is 17.6 Å². The Morgan fingerprint density at radius 3 is 2.48 bits per heavy atom. The summed E-state index contributed by atoms with van der Waals surface area (Å²) in [6.45, 7) is 1.70. The SMILES string of the molecule is CC1=NN(c2ccc(F)cc2)C(=O)C1=Cc1ccc(-c2ccc3c(c2)C(=O)NC3=O)o1. The Hall–Kier alpha value is -4.33. The largest absolute Gasteiger partial charge is 0.457 e. The number of hydrogen-bond donors (Lipinski definition) is 1.